The first kappa shape index (κ1) is 9.12. The van der Waals surface area contributed by atoms with Gasteiger partial charge in [-0.2, -0.15) is 0 Å². The van der Waals surface area contributed by atoms with E-state index in [-0.39, 0.29) is 0 Å². The molecule has 0 amide bonds. The first-order valence-electron chi connectivity index (χ1n) is 4.81. The predicted molar refractivity (Wildman–Crippen MR) is 50.0 cm³/mol. The van der Waals surface area contributed by atoms with Gasteiger partial charge in [-0.05, 0) is 30.5 Å². The molecule has 0 saturated heterocycles. The van der Waals surface area contributed by atoms with Crippen LogP contribution in [0.2, 0.25) is 5.82 Å². The zero-order valence-electron chi connectivity index (χ0n) is 7.77. The summed E-state index contributed by atoms with van der Waals surface area (Å²) in [4.78, 5) is 0. The van der Waals surface area contributed by atoms with Crippen LogP contribution in [0.5, 0.6) is 0 Å². The Labute approximate surface area is 70.5 Å². The quantitative estimate of drug-likeness (QED) is 0.617. The highest BCUT2D eigenvalue weighted by Gasteiger charge is 2.33. The Hall–Kier alpha value is 0.0249. The molecule has 2 heteroatoms. The zero-order valence-corrected chi connectivity index (χ0v) is 7.77. The van der Waals surface area contributed by atoms with Crippen molar-refractivity contribution in [2.45, 2.75) is 51.8 Å². The van der Waals surface area contributed by atoms with Gasteiger partial charge >= 0.3 is 0 Å². The Bertz CT molecular complexity index is 127. The molecule has 1 aliphatic carbocycles. The van der Waals surface area contributed by atoms with Gasteiger partial charge in [0.05, 0.1) is 0 Å². The Morgan fingerprint density at radius 1 is 1.64 bits per heavy atom. The lowest BCUT2D eigenvalue weighted by Crippen LogP contribution is -2.11. The number of hydrogen-bond acceptors (Lipinski definition) is 1. The highest BCUT2D eigenvalue weighted by Crippen LogP contribution is 2.46. The van der Waals surface area contributed by atoms with Crippen molar-refractivity contribution in [3.63, 3.8) is 0 Å². The van der Waals surface area contributed by atoms with Crippen molar-refractivity contribution in [1.29, 1.82) is 0 Å². The Balaban J connectivity index is 2.37. The fraction of sp³-hybridized carbons (Fsp3) is 1.00. The highest BCUT2D eigenvalue weighted by molar-refractivity contribution is 6.27. The van der Waals surface area contributed by atoms with Gasteiger partial charge in [0.1, 0.15) is 0 Å². The third kappa shape index (κ3) is 2.23. The molecule has 1 rings (SSSR count). The van der Waals surface area contributed by atoms with E-state index < -0.39 is 0 Å². The molecule has 1 nitrogen and oxygen atoms in total. The standard InChI is InChI=1S/C9H19BO/c1-3-5-9(2)6-4-8(7-9)10-11/h8,10-11H,3-7H2,1-2H3/t8-,9?/m0/s1. The molecular weight excluding hydrogens is 135 g/mol. The van der Waals surface area contributed by atoms with Crippen LogP contribution in [0.15, 0.2) is 0 Å². The molecule has 0 spiro atoms. The van der Waals surface area contributed by atoms with E-state index in [9.17, 15) is 0 Å². The van der Waals surface area contributed by atoms with Gasteiger partial charge in [0.15, 0.2) is 0 Å². The minimum absolute atomic E-state index is 0.402. The number of rotatable bonds is 3. The summed E-state index contributed by atoms with van der Waals surface area (Å²) in [5, 5.41) is 8.97. The molecule has 0 aromatic carbocycles. The summed E-state index contributed by atoms with van der Waals surface area (Å²) in [7, 11) is 0.402. The summed E-state index contributed by atoms with van der Waals surface area (Å²) in [5.74, 6) is 0.603. The van der Waals surface area contributed by atoms with Crippen molar-refractivity contribution in [2.24, 2.45) is 5.41 Å². The van der Waals surface area contributed by atoms with Crippen molar-refractivity contribution < 1.29 is 5.02 Å². The summed E-state index contributed by atoms with van der Waals surface area (Å²) >= 11 is 0. The molecule has 1 fully saturated rings. The van der Waals surface area contributed by atoms with Crippen LogP contribution in [-0.2, 0) is 0 Å². The topological polar surface area (TPSA) is 20.2 Å². The van der Waals surface area contributed by atoms with Crippen LogP contribution in [0.4, 0.5) is 0 Å². The fourth-order valence-corrected chi connectivity index (χ4v) is 2.44. The van der Waals surface area contributed by atoms with E-state index in [2.05, 4.69) is 13.8 Å². The van der Waals surface area contributed by atoms with Gasteiger partial charge in [-0.15, -0.1) is 0 Å². The van der Waals surface area contributed by atoms with E-state index in [4.69, 9.17) is 5.02 Å². The SMILES string of the molecule is CCCC1(C)CC[C@H](BO)C1. The first-order chi connectivity index (χ1) is 5.20. The van der Waals surface area contributed by atoms with Crippen LogP contribution in [-0.4, -0.2) is 12.5 Å². The molecule has 1 unspecified atom stereocenters. The molecule has 1 aliphatic rings. The fourth-order valence-electron chi connectivity index (χ4n) is 2.44. The van der Waals surface area contributed by atoms with Gasteiger partial charge in [0.25, 0.3) is 7.48 Å². The van der Waals surface area contributed by atoms with Crippen LogP contribution in [0.3, 0.4) is 0 Å². The molecule has 0 aromatic heterocycles. The average Bonchev–Trinajstić information content (AvgIpc) is 2.33. The van der Waals surface area contributed by atoms with Crippen molar-refractivity contribution in [2.75, 3.05) is 0 Å². The van der Waals surface area contributed by atoms with Crippen molar-refractivity contribution in [1.82, 2.24) is 0 Å². The predicted octanol–water partition coefficient (Wildman–Crippen LogP) is 2.11. The van der Waals surface area contributed by atoms with Gasteiger partial charge in [0.2, 0.25) is 0 Å². The number of hydrogen-bond donors (Lipinski definition) is 1. The van der Waals surface area contributed by atoms with Crippen molar-refractivity contribution in [3.8, 4) is 0 Å². The first-order valence-corrected chi connectivity index (χ1v) is 4.81. The van der Waals surface area contributed by atoms with Gasteiger partial charge < -0.3 is 5.02 Å². The maximum atomic E-state index is 8.97. The minimum atomic E-state index is 0.402. The van der Waals surface area contributed by atoms with E-state index in [1.165, 1.54) is 32.1 Å². The van der Waals surface area contributed by atoms with Crippen LogP contribution >= 0.6 is 0 Å². The lowest BCUT2D eigenvalue weighted by molar-refractivity contribution is 0.304. The molecule has 0 aliphatic heterocycles. The van der Waals surface area contributed by atoms with Crippen molar-refractivity contribution >= 4 is 7.48 Å². The van der Waals surface area contributed by atoms with Gasteiger partial charge in [-0.25, -0.2) is 0 Å². The summed E-state index contributed by atoms with van der Waals surface area (Å²) in [6, 6.07) is 0. The van der Waals surface area contributed by atoms with E-state index in [0.29, 0.717) is 18.7 Å². The summed E-state index contributed by atoms with van der Waals surface area (Å²) in [5.41, 5.74) is 0.558. The highest BCUT2D eigenvalue weighted by atomic mass is 16.2. The second-order valence-electron chi connectivity index (χ2n) is 4.35. The second kappa shape index (κ2) is 3.62. The smallest absolute Gasteiger partial charge is 0.273 e. The normalized spacial score (nSPS) is 37.5. The van der Waals surface area contributed by atoms with Crippen LogP contribution < -0.4 is 0 Å². The Morgan fingerprint density at radius 3 is 2.82 bits per heavy atom. The molecule has 1 saturated carbocycles. The second-order valence-corrected chi connectivity index (χ2v) is 4.35. The van der Waals surface area contributed by atoms with Gasteiger partial charge in [0, 0.05) is 0 Å². The average molecular weight is 154 g/mol. The Morgan fingerprint density at radius 2 is 2.36 bits per heavy atom. The molecule has 11 heavy (non-hydrogen) atoms. The molecule has 0 bridgehead atoms. The molecule has 0 radical (unpaired) electrons. The Kier molecular flexibility index (Phi) is 3.00. The van der Waals surface area contributed by atoms with E-state index in [1.807, 2.05) is 0 Å². The molecule has 0 aromatic rings. The van der Waals surface area contributed by atoms with Crippen molar-refractivity contribution in [3.05, 3.63) is 0 Å². The lowest BCUT2D eigenvalue weighted by Gasteiger charge is -2.22. The molecular formula is C9H19BO. The maximum Gasteiger partial charge on any atom is 0.273 e. The zero-order chi connectivity index (χ0) is 8.32. The minimum Gasteiger partial charge on any atom is -0.454 e. The molecule has 2 atom stereocenters. The van der Waals surface area contributed by atoms with E-state index in [0.717, 1.165) is 0 Å². The van der Waals surface area contributed by atoms with Gasteiger partial charge in [-0.3, -0.25) is 0 Å². The third-order valence-corrected chi connectivity index (χ3v) is 3.05. The molecule has 1 N–H and O–H groups in total. The van der Waals surface area contributed by atoms with Crippen LogP contribution in [0.25, 0.3) is 0 Å². The van der Waals surface area contributed by atoms with Crippen LogP contribution in [0.1, 0.15) is 46.0 Å². The summed E-state index contributed by atoms with van der Waals surface area (Å²) < 4.78 is 0. The largest absolute Gasteiger partial charge is 0.454 e. The summed E-state index contributed by atoms with van der Waals surface area (Å²) in [6.45, 7) is 4.61. The monoisotopic (exact) mass is 154 g/mol. The van der Waals surface area contributed by atoms with Gasteiger partial charge in [-0.1, -0.05) is 26.7 Å². The van der Waals surface area contributed by atoms with Crippen LogP contribution in [0, 0.1) is 5.41 Å². The molecule has 64 valence electrons. The summed E-state index contributed by atoms with van der Waals surface area (Å²) in [6.07, 6.45) is 6.44. The van der Waals surface area contributed by atoms with E-state index >= 15 is 0 Å². The maximum absolute atomic E-state index is 8.97. The van der Waals surface area contributed by atoms with E-state index in [1.54, 1.807) is 0 Å². The lowest BCUT2D eigenvalue weighted by atomic mass is 9.75. The third-order valence-electron chi connectivity index (χ3n) is 3.05. The molecule has 0 heterocycles.